The fourth-order valence-electron chi connectivity index (χ4n) is 3.25. The molecule has 1 nitrogen and oxygen atoms in total. The lowest BCUT2D eigenvalue weighted by atomic mass is 9.75. The van der Waals surface area contributed by atoms with Gasteiger partial charge in [0.1, 0.15) is 0 Å². The van der Waals surface area contributed by atoms with Gasteiger partial charge >= 0.3 is 0 Å². The standard InChI is InChI=1S/C17H27N/c1-4-8-13(2)17(18-3)16-12-6-5-11-15(16)14-9-7-10-14/h5-6,11-14,17-18H,4,7-10H2,1-3H3. The van der Waals surface area contributed by atoms with Crippen LogP contribution in [-0.2, 0) is 0 Å². The zero-order chi connectivity index (χ0) is 13.0. The summed E-state index contributed by atoms with van der Waals surface area (Å²) in [7, 11) is 2.11. The molecule has 2 rings (SSSR count). The first kappa shape index (κ1) is 13.6. The van der Waals surface area contributed by atoms with Gasteiger partial charge in [0.15, 0.2) is 0 Å². The van der Waals surface area contributed by atoms with E-state index in [-0.39, 0.29) is 0 Å². The minimum absolute atomic E-state index is 0.516. The van der Waals surface area contributed by atoms with Crippen molar-refractivity contribution >= 4 is 0 Å². The highest BCUT2D eigenvalue weighted by atomic mass is 14.9. The lowest BCUT2D eigenvalue weighted by Crippen LogP contribution is -2.26. The van der Waals surface area contributed by atoms with E-state index in [4.69, 9.17) is 0 Å². The molecular formula is C17H27N. The van der Waals surface area contributed by atoms with Gasteiger partial charge in [0.25, 0.3) is 0 Å². The fraction of sp³-hybridized carbons (Fsp3) is 0.647. The molecule has 1 fully saturated rings. The predicted octanol–water partition coefficient (Wildman–Crippen LogP) is 4.65. The smallest absolute Gasteiger partial charge is 0.0346 e. The van der Waals surface area contributed by atoms with Crippen molar-refractivity contribution in [2.24, 2.45) is 5.92 Å². The quantitative estimate of drug-likeness (QED) is 0.769. The van der Waals surface area contributed by atoms with Gasteiger partial charge in [0.05, 0.1) is 0 Å². The van der Waals surface area contributed by atoms with Crippen molar-refractivity contribution in [3.63, 3.8) is 0 Å². The van der Waals surface area contributed by atoms with Crippen molar-refractivity contribution in [1.82, 2.24) is 5.32 Å². The van der Waals surface area contributed by atoms with Crippen molar-refractivity contribution in [3.8, 4) is 0 Å². The van der Waals surface area contributed by atoms with E-state index in [0.29, 0.717) is 12.0 Å². The summed E-state index contributed by atoms with van der Waals surface area (Å²) in [5.74, 6) is 1.53. The summed E-state index contributed by atoms with van der Waals surface area (Å²) in [5.41, 5.74) is 3.15. The highest BCUT2D eigenvalue weighted by molar-refractivity contribution is 5.34. The van der Waals surface area contributed by atoms with E-state index in [9.17, 15) is 0 Å². The molecule has 1 aromatic rings. The Morgan fingerprint density at radius 2 is 2.00 bits per heavy atom. The Morgan fingerprint density at radius 1 is 1.28 bits per heavy atom. The molecule has 1 heteroatoms. The SMILES string of the molecule is CCCC(C)C(NC)c1ccccc1C1CCC1. The van der Waals surface area contributed by atoms with E-state index in [0.717, 1.165) is 5.92 Å². The minimum Gasteiger partial charge on any atom is -0.313 e. The van der Waals surface area contributed by atoms with Crippen LogP contribution in [0.15, 0.2) is 24.3 Å². The number of rotatable bonds is 6. The normalized spacial score (nSPS) is 19.3. The molecular weight excluding hydrogens is 218 g/mol. The molecule has 1 aliphatic rings. The van der Waals surface area contributed by atoms with Gasteiger partial charge in [-0.3, -0.25) is 0 Å². The molecule has 0 amide bonds. The number of hydrogen-bond donors (Lipinski definition) is 1. The maximum Gasteiger partial charge on any atom is 0.0346 e. The third-order valence-corrected chi connectivity index (χ3v) is 4.50. The molecule has 0 spiro atoms. The highest BCUT2D eigenvalue weighted by Crippen LogP contribution is 2.40. The van der Waals surface area contributed by atoms with Crippen LogP contribution in [0, 0.1) is 5.92 Å². The largest absolute Gasteiger partial charge is 0.313 e. The monoisotopic (exact) mass is 245 g/mol. The van der Waals surface area contributed by atoms with Crippen LogP contribution in [0.25, 0.3) is 0 Å². The Hall–Kier alpha value is -0.820. The fourth-order valence-corrected chi connectivity index (χ4v) is 3.25. The summed E-state index contributed by atoms with van der Waals surface area (Å²) >= 11 is 0. The molecule has 0 radical (unpaired) electrons. The summed E-state index contributed by atoms with van der Waals surface area (Å²) in [6, 6.07) is 9.60. The molecule has 1 N–H and O–H groups in total. The van der Waals surface area contributed by atoms with E-state index >= 15 is 0 Å². The van der Waals surface area contributed by atoms with Crippen LogP contribution in [0.2, 0.25) is 0 Å². The Labute approximate surface area is 112 Å². The second kappa shape index (κ2) is 6.38. The molecule has 100 valence electrons. The van der Waals surface area contributed by atoms with Gasteiger partial charge in [-0.2, -0.15) is 0 Å². The summed E-state index contributed by atoms with van der Waals surface area (Å²) in [6.45, 7) is 4.66. The third-order valence-electron chi connectivity index (χ3n) is 4.50. The minimum atomic E-state index is 0.516. The van der Waals surface area contributed by atoms with Crippen LogP contribution < -0.4 is 5.32 Å². The summed E-state index contributed by atoms with van der Waals surface area (Å²) in [6.07, 6.45) is 6.74. The Bertz CT molecular complexity index is 368. The maximum atomic E-state index is 3.55. The summed E-state index contributed by atoms with van der Waals surface area (Å²) in [4.78, 5) is 0. The van der Waals surface area contributed by atoms with E-state index < -0.39 is 0 Å². The van der Waals surface area contributed by atoms with Crippen LogP contribution in [0.4, 0.5) is 0 Å². The third kappa shape index (κ3) is 2.77. The van der Waals surface area contributed by atoms with Crippen molar-refractivity contribution in [2.45, 2.75) is 57.9 Å². The van der Waals surface area contributed by atoms with Crippen LogP contribution in [0.5, 0.6) is 0 Å². The van der Waals surface area contributed by atoms with E-state index in [1.165, 1.54) is 32.1 Å². The number of benzene rings is 1. The van der Waals surface area contributed by atoms with Gasteiger partial charge in [-0.1, -0.05) is 51.0 Å². The molecule has 0 bridgehead atoms. The van der Waals surface area contributed by atoms with Crippen molar-refractivity contribution in [1.29, 1.82) is 0 Å². The first-order chi connectivity index (χ1) is 8.77. The first-order valence-corrected chi connectivity index (χ1v) is 7.54. The zero-order valence-electron chi connectivity index (χ0n) is 12.1. The molecule has 0 aliphatic heterocycles. The summed E-state index contributed by atoms with van der Waals surface area (Å²) < 4.78 is 0. The van der Waals surface area contributed by atoms with Crippen LogP contribution in [-0.4, -0.2) is 7.05 Å². The van der Waals surface area contributed by atoms with Crippen LogP contribution >= 0.6 is 0 Å². The van der Waals surface area contributed by atoms with Crippen LogP contribution in [0.3, 0.4) is 0 Å². The van der Waals surface area contributed by atoms with Gasteiger partial charge in [0, 0.05) is 6.04 Å². The molecule has 0 aromatic heterocycles. The van der Waals surface area contributed by atoms with Crippen molar-refractivity contribution < 1.29 is 0 Å². The lowest BCUT2D eigenvalue weighted by molar-refractivity contribution is 0.368. The average Bonchev–Trinajstić information content (AvgIpc) is 2.30. The summed E-state index contributed by atoms with van der Waals surface area (Å²) in [5, 5.41) is 3.55. The van der Waals surface area contributed by atoms with Gasteiger partial charge < -0.3 is 5.32 Å². The molecule has 18 heavy (non-hydrogen) atoms. The molecule has 1 aliphatic carbocycles. The predicted molar refractivity (Wildman–Crippen MR) is 78.9 cm³/mol. The molecule has 0 heterocycles. The van der Waals surface area contributed by atoms with Gasteiger partial charge in [-0.15, -0.1) is 0 Å². The van der Waals surface area contributed by atoms with Crippen molar-refractivity contribution in [3.05, 3.63) is 35.4 Å². The van der Waals surface area contributed by atoms with Gasteiger partial charge in [-0.05, 0) is 49.3 Å². The highest BCUT2D eigenvalue weighted by Gasteiger charge is 2.26. The van der Waals surface area contributed by atoms with E-state index in [2.05, 4.69) is 50.5 Å². The second-order valence-electron chi connectivity index (χ2n) is 5.79. The maximum absolute atomic E-state index is 3.55. The molecule has 1 saturated carbocycles. The molecule has 0 saturated heterocycles. The Morgan fingerprint density at radius 3 is 2.56 bits per heavy atom. The van der Waals surface area contributed by atoms with Crippen LogP contribution in [0.1, 0.15) is 69.0 Å². The molecule has 2 atom stereocenters. The topological polar surface area (TPSA) is 12.0 Å². The molecule has 1 aromatic carbocycles. The second-order valence-corrected chi connectivity index (χ2v) is 5.79. The number of nitrogens with one attached hydrogen (secondary N) is 1. The van der Waals surface area contributed by atoms with Gasteiger partial charge in [0.2, 0.25) is 0 Å². The van der Waals surface area contributed by atoms with E-state index in [1.807, 2.05) is 0 Å². The first-order valence-electron chi connectivity index (χ1n) is 7.54. The Kier molecular flexibility index (Phi) is 4.82. The van der Waals surface area contributed by atoms with E-state index in [1.54, 1.807) is 11.1 Å². The zero-order valence-corrected chi connectivity index (χ0v) is 12.1. The average molecular weight is 245 g/mol. The van der Waals surface area contributed by atoms with Crippen molar-refractivity contribution in [2.75, 3.05) is 7.05 Å². The van der Waals surface area contributed by atoms with Gasteiger partial charge in [-0.25, -0.2) is 0 Å². The molecule has 2 unspecified atom stereocenters. The lowest BCUT2D eigenvalue weighted by Gasteiger charge is -2.32. The number of hydrogen-bond acceptors (Lipinski definition) is 1. The Balaban J connectivity index is 2.23.